The topological polar surface area (TPSA) is 70.2 Å². The minimum atomic E-state index is -0.637. The second kappa shape index (κ2) is 6.05. The molecular weight excluding hydrogens is 249 g/mol. The normalized spacial score (nSPS) is 9.59. The lowest BCUT2D eigenvalue weighted by Gasteiger charge is -2.08. The van der Waals surface area contributed by atoms with Crippen molar-refractivity contribution in [2.24, 2.45) is 0 Å². The molecule has 1 aromatic carbocycles. The molecule has 3 N–H and O–H groups in total. The maximum absolute atomic E-state index is 13.4. The number of rotatable bonds is 3. The molecule has 0 saturated heterocycles. The van der Waals surface area contributed by atoms with Crippen LogP contribution in [0.3, 0.4) is 0 Å². The molecule has 0 bridgehead atoms. The van der Waals surface area contributed by atoms with Crippen molar-refractivity contribution in [1.29, 1.82) is 0 Å². The van der Waals surface area contributed by atoms with Gasteiger partial charge in [0, 0.05) is 7.05 Å². The number of imide groups is 1. The number of hydrogen-bond donors (Lipinski definition) is 3. The Kier molecular flexibility index (Phi) is 4.71. The van der Waals surface area contributed by atoms with Crippen molar-refractivity contribution in [2.45, 2.75) is 0 Å². The van der Waals surface area contributed by atoms with Crippen molar-refractivity contribution in [1.82, 2.24) is 10.6 Å². The zero-order valence-corrected chi connectivity index (χ0v) is 9.77. The first kappa shape index (κ1) is 13.2. The van der Waals surface area contributed by atoms with Crippen LogP contribution < -0.4 is 16.0 Å². The predicted molar refractivity (Wildman–Crippen MR) is 62.5 cm³/mol. The molecule has 0 fully saturated rings. The Balaban J connectivity index is 2.53. The van der Waals surface area contributed by atoms with Crippen LogP contribution in [-0.4, -0.2) is 25.5 Å². The Hall–Kier alpha value is -1.82. The molecule has 0 spiro atoms. The van der Waals surface area contributed by atoms with Gasteiger partial charge in [0.25, 0.3) is 0 Å². The first-order chi connectivity index (χ1) is 8.04. The molecule has 5 nitrogen and oxygen atoms in total. The average molecular weight is 260 g/mol. The van der Waals surface area contributed by atoms with Gasteiger partial charge < -0.3 is 10.6 Å². The van der Waals surface area contributed by atoms with Crippen LogP contribution in [-0.2, 0) is 4.79 Å². The highest BCUT2D eigenvalue weighted by Crippen LogP contribution is 2.21. The van der Waals surface area contributed by atoms with Gasteiger partial charge in [0.1, 0.15) is 0 Å². The largest absolute Gasteiger partial charge is 0.374 e. The molecule has 0 heterocycles. The SMILES string of the molecule is CNC(=O)NC(=O)CNc1cccc(Cl)c1F. The first-order valence-electron chi connectivity index (χ1n) is 4.74. The molecule has 92 valence electrons. The Morgan fingerprint density at radius 2 is 2.12 bits per heavy atom. The fourth-order valence-electron chi connectivity index (χ4n) is 1.05. The number of halogens is 2. The molecule has 7 heteroatoms. The Labute approximate surface area is 102 Å². The number of carbonyl (C=O) groups is 2. The van der Waals surface area contributed by atoms with Gasteiger partial charge in [0.2, 0.25) is 5.91 Å². The van der Waals surface area contributed by atoms with E-state index in [9.17, 15) is 14.0 Å². The minimum absolute atomic E-state index is 0.0401. The maximum Gasteiger partial charge on any atom is 0.321 e. The van der Waals surface area contributed by atoms with Gasteiger partial charge in [-0.05, 0) is 12.1 Å². The summed E-state index contributed by atoms with van der Waals surface area (Å²) in [5.41, 5.74) is 0.101. The van der Waals surface area contributed by atoms with Gasteiger partial charge in [-0.25, -0.2) is 9.18 Å². The lowest BCUT2D eigenvalue weighted by molar-refractivity contribution is -0.118. The van der Waals surface area contributed by atoms with E-state index in [-0.39, 0.29) is 17.3 Å². The number of carbonyl (C=O) groups excluding carboxylic acids is 2. The summed E-state index contributed by atoms with van der Waals surface area (Å²) < 4.78 is 13.4. The minimum Gasteiger partial charge on any atom is -0.374 e. The number of amides is 3. The zero-order valence-electron chi connectivity index (χ0n) is 9.01. The van der Waals surface area contributed by atoms with E-state index >= 15 is 0 Å². The van der Waals surface area contributed by atoms with Crippen molar-refractivity contribution < 1.29 is 14.0 Å². The van der Waals surface area contributed by atoms with Gasteiger partial charge in [0.15, 0.2) is 5.82 Å². The Bertz CT molecular complexity index is 440. The quantitative estimate of drug-likeness (QED) is 0.767. The Morgan fingerprint density at radius 3 is 2.76 bits per heavy atom. The van der Waals surface area contributed by atoms with Crippen molar-refractivity contribution in [3.63, 3.8) is 0 Å². The number of nitrogens with one attached hydrogen (secondary N) is 3. The van der Waals surface area contributed by atoms with Crippen molar-refractivity contribution in [2.75, 3.05) is 18.9 Å². The van der Waals surface area contributed by atoms with Gasteiger partial charge in [-0.15, -0.1) is 0 Å². The summed E-state index contributed by atoms with van der Waals surface area (Å²) >= 11 is 5.56. The lowest BCUT2D eigenvalue weighted by atomic mass is 10.3. The second-order valence-electron chi connectivity index (χ2n) is 3.08. The summed E-state index contributed by atoms with van der Waals surface area (Å²) in [7, 11) is 1.38. The van der Waals surface area contributed by atoms with Crippen LogP contribution in [0.5, 0.6) is 0 Å². The first-order valence-corrected chi connectivity index (χ1v) is 5.12. The molecule has 0 saturated carbocycles. The molecule has 0 aromatic heterocycles. The molecule has 1 rings (SSSR count). The van der Waals surface area contributed by atoms with E-state index in [0.717, 1.165) is 0 Å². The van der Waals surface area contributed by atoms with Gasteiger partial charge in [-0.2, -0.15) is 0 Å². The molecule has 17 heavy (non-hydrogen) atoms. The summed E-state index contributed by atoms with van der Waals surface area (Å²) in [4.78, 5) is 22.0. The number of hydrogen-bond acceptors (Lipinski definition) is 3. The fraction of sp³-hybridized carbons (Fsp3) is 0.200. The number of anilines is 1. The van der Waals surface area contributed by atoms with E-state index in [4.69, 9.17) is 11.6 Å². The summed E-state index contributed by atoms with van der Waals surface area (Å²) in [6, 6.07) is 3.76. The van der Waals surface area contributed by atoms with E-state index in [1.165, 1.54) is 19.2 Å². The highest BCUT2D eigenvalue weighted by Gasteiger charge is 2.09. The monoisotopic (exact) mass is 259 g/mol. The highest BCUT2D eigenvalue weighted by atomic mass is 35.5. The van der Waals surface area contributed by atoms with Crippen LogP contribution in [0.2, 0.25) is 5.02 Å². The van der Waals surface area contributed by atoms with Crippen LogP contribution in [0.15, 0.2) is 18.2 Å². The molecule has 3 amide bonds. The van der Waals surface area contributed by atoms with Crippen LogP contribution >= 0.6 is 11.6 Å². The third-order valence-electron chi connectivity index (χ3n) is 1.87. The van der Waals surface area contributed by atoms with E-state index in [2.05, 4.69) is 10.6 Å². The summed E-state index contributed by atoms with van der Waals surface area (Å²) in [6.07, 6.45) is 0. The molecule has 0 aliphatic heterocycles. The smallest absolute Gasteiger partial charge is 0.321 e. The van der Waals surface area contributed by atoms with Crippen LogP contribution in [0, 0.1) is 5.82 Å². The van der Waals surface area contributed by atoms with Gasteiger partial charge >= 0.3 is 6.03 Å². The molecule has 0 unspecified atom stereocenters. The van der Waals surface area contributed by atoms with Gasteiger partial charge in [0.05, 0.1) is 17.3 Å². The summed E-state index contributed by atoms with van der Waals surface area (Å²) in [5.74, 6) is -1.22. The van der Waals surface area contributed by atoms with E-state index in [1.54, 1.807) is 6.07 Å². The number of benzene rings is 1. The summed E-state index contributed by atoms with van der Waals surface area (Å²) in [5, 5.41) is 6.74. The van der Waals surface area contributed by atoms with Crippen LogP contribution in [0.25, 0.3) is 0 Å². The zero-order chi connectivity index (χ0) is 12.8. The third kappa shape index (κ3) is 3.92. The molecule has 0 atom stereocenters. The predicted octanol–water partition coefficient (Wildman–Crippen LogP) is 1.35. The lowest BCUT2D eigenvalue weighted by Crippen LogP contribution is -2.40. The molecule has 0 radical (unpaired) electrons. The standard InChI is InChI=1S/C10H11ClFN3O2/c1-13-10(17)15-8(16)5-14-7-4-2-3-6(11)9(7)12/h2-4,14H,5H2,1H3,(H2,13,15,16,17). The highest BCUT2D eigenvalue weighted by molar-refractivity contribution is 6.31. The molecule has 1 aromatic rings. The maximum atomic E-state index is 13.4. The number of urea groups is 1. The van der Waals surface area contributed by atoms with Crippen molar-refractivity contribution in [3.05, 3.63) is 29.0 Å². The summed E-state index contributed by atoms with van der Waals surface area (Å²) in [6.45, 7) is -0.231. The third-order valence-corrected chi connectivity index (χ3v) is 2.16. The molecular formula is C10H11ClFN3O2. The van der Waals surface area contributed by atoms with E-state index in [1.807, 2.05) is 5.32 Å². The van der Waals surface area contributed by atoms with Gasteiger partial charge in [-0.1, -0.05) is 17.7 Å². The molecule has 0 aliphatic rings. The van der Waals surface area contributed by atoms with E-state index < -0.39 is 17.8 Å². The second-order valence-corrected chi connectivity index (χ2v) is 3.49. The van der Waals surface area contributed by atoms with Crippen molar-refractivity contribution >= 4 is 29.2 Å². The van der Waals surface area contributed by atoms with Gasteiger partial charge in [-0.3, -0.25) is 10.1 Å². The van der Waals surface area contributed by atoms with Crippen LogP contribution in [0.4, 0.5) is 14.9 Å². The van der Waals surface area contributed by atoms with Crippen LogP contribution in [0.1, 0.15) is 0 Å². The fourth-order valence-corrected chi connectivity index (χ4v) is 1.22. The van der Waals surface area contributed by atoms with E-state index in [0.29, 0.717) is 0 Å². The average Bonchev–Trinajstić information content (AvgIpc) is 2.31. The molecule has 0 aliphatic carbocycles. The van der Waals surface area contributed by atoms with Crippen molar-refractivity contribution in [3.8, 4) is 0 Å². The Morgan fingerprint density at radius 1 is 1.41 bits per heavy atom.